The topological polar surface area (TPSA) is 0 Å². The van der Waals surface area contributed by atoms with Crippen LogP contribution in [0.2, 0.25) is 0 Å². The first kappa shape index (κ1) is 10.7. The molecule has 0 aromatic carbocycles. The highest BCUT2D eigenvalue weighted by Gasteiger charge is 2.25. The third kappa shape index (κ3) is 2.36. The Bertz CT molecular complexity index is 107. The van der Waals surface area contributed by atoms with Crippen LogP contribution in [0.5, 0.6) is 0 Å². The molecule has 1 aliphatic rings. The Hall–Kier alpha value is -0.260. The Morgan fingerprint density at radius 3 is 2.09 bits per heavy atom. The van der Waals surface area contributed by atoms with Crippen LogP contribution in [0.15, 0.2) is 12.7 Å². The largest absolute Gasteiger partial charge is 0.103 e. The van der Waals surface area contributed by atoms with E-state index >= 15 is 0 Å². The summed E-state index contributed by atoms with van der Waals surface area (Å²) in [4.78, 5) is 0. The summed E-state index contributed by atoms with van der Waals surface area (Å²) in [5.41, 5.74) is 0.526. The minimum atomic E-state index is 0. The molecule has 1 saturated carbocycles. The summed E-state index contributed by atoms with van der Waals surface area (Å²) < 4.78 is 0. The summed E-state index contributed by atoms with van der Waals surface area (Å²) in [5.74, 6) is 0. The maximum absolute atomic E-state index is 3.93. The summed E-state index contributed by atoms with van der Waals surface area (Å²) in [6.45, 7) is 6.21. The third-order valence-electron chi connectivity index (χ3n) is 2.99. The molecule has 1 aliphatic carbocycles. The van der Waals surface area contributed by atoms with Gasteiger partial charge in [0.25, 0.3) is 0 Å². The Labute approximate surface area is 71.7 Å². The van der Waals surface area contributed by atoms with Crippen molar-refractivity contribution in [2.24, 2.45) is 5.41 Å². The molecular weight excluding hydrogens is 132 g/mol. The van der Waals surface area contributed by atoms with Crippen LogP contribution in [0.25, 0.3) is 0 Å². The van der Waals surface area contributed by atoms with Crippen molar-refractivity contribution in [3.8, 4) is 0 Å². The van der Waals surface area contributed by atoms with Gasteiger partial charge < -0.3 is 0 Å². The molecule has 0 nitrogen and oxygen atoms in total. The minimum absolute atomic E-state index is 0. The zero-order valence-electron chi connectivity index (χ0n) is 7.03. The zero-order chi connectivity index (χ0) is 7.45. The molecule has 0 aliphatic heterocycles. The SMILES string of the molecule is C.C=CC1(CC)CCCCC1. The third-order valence-corrected chi connectivity index (χ3v) is 2.99. The van der Waals surface area contributed by atoms with Crippen molar-refractivity contribution in [3.63, 3.8) is 0 Å². The second-order valence-electron chi connectivity index (χ2n) is 3.48. The first-order chi connectivity index (χ1) is 4.83. The first-order valence-electron chi connectivity index (χ1n) is 4.46. The molecule has 0 heterocycles. The fraction of sp³-hybridized carbons (Fsp3) is 0.818. The van der Waals surface area contributed by atoms with E-state index in [2.05, 4.69) is 19.6 Å². The molecule has 1 rings (SSSR count). The maximum Gasteiger partial charge on any atom is -0.0124 e. The highest BCUT2D eigenvalue weighted by atomic mass is 14.3. The molecule has 0 saturated heterocycles. The van der Waals surface area contributed by atoms with Crippen LogP contribution in [-0.4, -0.2) is 0 Å². The van der Waals surface area contributed by atoms with Gasteiger partial charge in [0.1, 0.15) is 0 Å². The van der Waals surface area contributed by atoms with Crippen molar-refractivity contribution >= 4 is 0 Å². The van der Waals surface area contributed by atoms with E-state index in [4.69, 9.17) is 0 Å². The van der Waals surface area contributed by atoms with Gasteiger partial charge in [-0.1, -0.05) is 39.7 Å². The lowest BCUT2D eigenvalue weighted by Crippen LogP contribution is -2.19. The maximum atomic E-state index is 3.93. The molecule has 11 heavy (non-hydrogen) atoms. The van der Waals surface area contributed by atoms with E-state index in [0.29, 0.717) is 5.41 Å². The van der Waals surface area contributed by atoms with Gasteiger partial charge in [0.05, 0.1) is 0 Å². The Morgan fingerprint density at radius 1 is 1.27 bits per heavy atom. The molecular formula is C11H22. The molecule has 0 aromatic rings. The minimum Gasteiger partial charge on any atom is -0.103 e. The number of rotatable bonds is 2. The molecule has 0 spiro atoms. The lowest BCUT2D eigenvalue weighted by molar-refractivity contribution is 0.249. The fourth-order valence-corrected chi connectivity index (χ4v) is 1.96. The van der Waals surface area contributed by atoms with Crippen molar-refractivity contribution in [1.82, 2.24) is 0 Å². The van der Waals surface area contributed by atoms with Gasteiger partial charge in [-0.05, 0) is 24.7 Å². The fourth-order valence-electron chi connectivity index (χ4n) is 1.96. The molecule has 0 bridgehead atoms. The summed E-state index contributed by atoms with van der Waals surface area (Å²) >= 11 is 0. The van der Waals surface area contributed by atoms with Crippen molar-refractivity contribution in [2.75, 3.05) is 0 Å². The predicted octanol–water partition coefficient (Wildman–Crippen LogP) is 4.17. The predicted molar refractivity (Wildman–Crippen MR) is 52.7 cm³/mol. The first-order valence-corrected chi connectivity index (χ1v) is 4.46. The van der Waals surface area contributed by atoms with E-state index in [-0.39, 0.29) is 7.43 Å². The van der Waals surface area contributed by atoms with Gasteiger partial charge >= 0.3 is 0 Å². The number of allylic oxidation sites excluding steroid dienone is 1. The van der Waals surface area contributed by atoms with Gasteiger partial charge in [0.15, 0.2) is 0 Å². The smallest absolute Gasteiger partial charge is 0.0124 e. The summed E-state index contributed by atoms with van der Waals surface area (Å²) in [5, 5.41) is 0. The van der Waals surface area contributed by atoms with E-state index in [0.717, 1.165) is 0 Å². The normalized spacial score (nSPS) is 21.9. The Morgan fingerprint density at radius 2 is 1.82 bits per heavy atom. The molecule has 0 heteroatoms. The van der Waals surface area contributed by atoms with Crippen LogP contribution in [-0.2, 0) is 0 Å². The van der Waals surface area contributed by atoms with Gasteiger partial charge in [0, 0.05) is 0 Å². The van der Waals surface area contributed by atoms with Crippen LogP contribution in [0.3, 0.4) is 0 Å². The van der Waals surface area contributed by atoms with Crippen LogP contribution in [0, 0.1) is 5.41 Å². The quantitative estimate of drug-likeness (QED) is 0.524. The molecule has 0 N–H and O–H groups in total. The van der Waals surface area contributed by atoms with E-state index in [1.54, 1.807) is 0 Å². The number of hydrogen-bond donors (Lipinski definition) is 0. The molecule has 1 fully saturated rings. The summed E-state index contributed by atoms with van der Waals surface area (Å²) in [6.07, 6.45) is 10.5. The average molecular weight is 154 g/mol. The van der Waals surface area contributed by atoms with Crippen molar-refractivity contribution in [1.29, 1.82) is 0 Å². The van der Waals surface area contributed by atoms with Crippen LogP contribution in [0.1, 0.15) is 52.9 Å². The molecule has 0 atom stereocenters. The second kappa shape index (κ2) is 4.58. The van der Waals surface area contributed by atoms with Gasteiger partial charge in [-0.25, -0.2) is 0 Å². The lowest BCUT2D eigenvalue weighted by Gasteiger charge is -2.33. The second-order valence-corrected chi connectivity index (χ2v) is 3.48. The van der Waals surface area contributed by atoms with Gasteiger partial charge in [0.2, 0.25) is 0 Å². The molecule has 0 aromatic heterocycles. The zero-order valence-corrected chi connectivity index (χ0v) is 7.03. The summed E-state index contributed by atoms with van der Waals surface area (Å²) in [7, 11) is 0. The van der Waals surface area contributed by atoms with E-state index in [1.165, 1.54) is 38.5 Å². The van der Waals surface area contributed by atoms with Gasteiger partial charge in [-0.3, -0.25) is 0 Å². The lowest BCUT2D eigenvalue weighted by atomic mass is 9.72. The van der Waals surface area contributed by atoms with Crippen molar-refractivity contribution in [2.45, 2.75) is 52.9 Å². The van der Waals surface area contributed by atoms with Gasteiger partial charge in [-0.2, -0.15) is 0 Å². The van der Waals surface area contributed by atoms with Crippen LogP contribution < -0.4 is 0 Å². The van der Waals surface area contributed by atoms with Crippen LogP contribution in [0.4, 0.5) is 0 Å². The van der Waals surface area contributed by atoms with Gasteiger partial charge in [-0.15, -0.1) is 6.58 Å². The molecule has 0 radical (unpaired) electrons. The Kier molecular flexibility index (Phi) is 4.48. The van der Waals surface area contributed by atoms with E-state index in [1.807, 2.05) is 0 Å². The average Bonchev–Trinajstić information content (AvgIpc) is 2.06. The van der Waals surface area contributed by atoms with E-state index < -0.39 is 0 Å². The summed E-state index contributed by atoms with van der Waals surface area (Å²) in [6, 6.07) is 0. The Balaban J connectivity index is 0.000001000. The molecule has 0 unspecified atom stereocenters. The van der Waals surface area contributed by atoms with Crippen molar-refractivity contribution in [3.05, 3.63) is 12.7 Å². The van der Waals surface area contributed by atoms with E-state index in [9.17, 15) is 0 Å². The molecule has 0 amide bonds. The van der Waals surface area contributed by atoms with Crippen molar-refractivity contribution < 1.29 is 0 Å². The highest BCUT2D eigenvalue weighted by molar-refractivity contribution is 4.95. The standard InChI is InChI=1S/C10H18.CH4/c1-3-10(4-2)8-6-5-7-9-10;/h3H,1,4-9H2,2H3;1H4. The number of hydrogen-bond acceptors (Lipinski definition) is 0. The van der Waals surface area contributed by atoms with Crippen LogP contribution >= 0.6 is 0 Å². The monoisotopic (exact) mass is 154 g/mol. The molecule has 66 valence electrons. The highest BCUT2D eigenvalue weighted by Crippen LogP contribution is 2.39.